The molecule has 0 unspecified atom stereocenters. The van der Waals surface area contributed by atoms with Gasteiger partial charge in [0.25, 0.3) is 5.91 Å². The minimum absolute atomic E-state index is 0.284. The lowest BCUT2D eigenvalue weighted by Gasteiger charge is -2.22. The molecule has 7 nitrogen and oxygen atoms in total. The Kier molecular flexibility index (Phi) is 6.70. The first-order chi connectivity index (χ1) is 12.4. The third-order valence-electron chi connectivity index (χ3n) is 3.72. The van der Waals surface area contributed by atoms with Crippen LogP contribution < -0.4 is 10.6 Å². The maximum absolute atomic E-state index is 12.4. The van der Waals surface area contributed by atoms with E-state index in [9.17, 15) is 4.79 Å². The normalized spacial score (nSPS) is 11.1. The monoisotopic (exact) mass is 373 g/mol. The molecule has 0 aliphatic heterocycles. The first kappa shape index (κ1) is 19.9. The van der Waals surface area contributed by atoms with Crippen LogP contribution in [-0.2, 0) is 10.3 Å². The predicted octanol–water partition coefficient (Wildman–Crippen LogP) is 3.13. The molecule has 1 amide bonds. The van der Waals surface area contributed by atoms with E-state index in [1.165, 1.54) is 18.0 Å². The predicted molar refractivity (Wildman–Crippen MR) is 104 cm³/mol. The van der Waals surface area contributed by atoms with Gasteiger partial charge in [-0.05, 0) is 32.2 Å². The van der Waals surface area contributed by atoms with Gasteiger partial charge in [-0.1, -0.05) is 23.9 Å². The summed E-state index contributed by atoms with van der Waals surface area (Å²) >= 11 is 1.39. The Morgan fingerprint density at radius 3 is 2.81 bits per heavy atom. The van der Waals surface area contributed by atoms with E-state index in [-0.39, 0.29) is 5.91 Å². The summed E-state index contributed by atoms with van der Waals surface area (Å²) in [4.78, 5) is 25.5. The van der Waals surface area contributed by atoms with Crippen molar-refractivity contribution in [3.05, 3.63) is 48.3 Å². The minimum Gasteiger partial charge on any atom is -0.373 e. The maximum atomic E-state index is 12.4. The highest BCUT2D eigenvalue weighted by Crippen LogP contribution is 2.25. The molecular formula is C18H23N5O2S. The van der Waals surface area contributed by atoms with Gasteiger partial charge >= 0.3 is 0 Å². The van der Waals surface area contributed by atoms with Gasteiger partial charge in [0, 0.05) is 19.9 Å². The summed E-state index contributed by atoms with van der Waals surface area (Å²) in [5.74, 6) is 0.676. The van der Waals surface area contributed by atoms with E-state index in [4.69, 9.17) is 4.74 Å². The SMILES string of the molecule is C=CCNC(=O)c1cnc(SC)nc1Nc1cccc(C(C)(C)OC)n1. The topological polar surface area (TPSA) is 89.0 Å². The van der Waals surface area contributed by atoms with E-state index >= 15 is 0 Å². The number of pyridine rings is 1. The van der Waals surface area contributed by atoms with E-state index in [0.717, 1.165) is 5.69 Å². The number of hydrogen-bond donors (Lipinski definition) is 2. The molecule has 0 radical (unpaired) electrons. The van der Waals surface area contributed by atoms with Gasteiger partial charge in [0.15, 0.2) is 5.16 Å². The zero-order valence-electron chi connectivity index (χ0n) is 15.4. The second-order valence-corrected chi connectivity index (χ2v) is 6.64. The second kappa shape index (κ2) is 8.77. The van der Waals surface area contributed by atoms with E-state index in [2.05, 4.69) is 32.2 Å². The summed E-state index contributed by atoms with van der Waals surface area (Å²) in [6.45, 7) is 7.83. The number of ether oxygens (including phenoxy) is 1. The van der Waals surface area contributed by atoms with Crippen molar-refractivity contribution >= 4 is 29.3 Å². The van der Waals surface area contributed by atoms with Gasteiger partial charge in [-0.2, -0.15) is 0 Å². The molecule has 8 heteroatoms. The van der Waals surface area contributed by atoms with Crippen molar-refractivity contribution < 1.29 is 9.53 Å². The third kappa shape index (κ3) is 4.80. The number of carbonyl (C=O) groups excluding carboxylic acids is 1. The third-order valence-corrected chi connectivity index (χ3v) is 4.29. The van der Waals surface area contributed by atoms with Crippen molar-refractivity contribution in [2.24, 2.45) is 0 Å². The van der Waals surface area contributed by atoms with E-state index < -0.39 is 5.60 Å². The number of thioether (sulfide) groups is 1. The van der Waals surface area contributed by atoms with E-state index in [0.29, 0.717) is 28.9 Å². The lowest BCUT2D eigenvalue weighted by Crippen LogP contribution is -2.25. The van der Waals surface area contributed by atoms with Crippen molar-refractivity contribution in [2.75, 3.05) is 25.2 Å². The summed E-state index contributed by atoms with van der Waals surface area (Å²) in [6.07, 6.45) is 4.99. The Morgan fingerprint density at radius 2 is 2.15 bits per heavy atom. The van der Waals surface area contributed by atoms with E-state index in [1.807, 2.05) is 38.3 Å². The molecule has 0 atom stereocenters. The fourth-order valence-corrected chi connectivity index (χ4v) is 2.39. The van der Waals surface area contributed by atoms with E-state index in [1.54, 1.807) is 13.2 Å². The first-order valence-electron chi connectivity index (χ1n) is 8.01. The maximum Gasteiger partial charge on any atom is 0.256 e. The average Bonchev–Trinajstić information content (AvgIpc) is 2.66. The summed E-state index contributed by atoms with van der Waals surface area (Å²) in [7, 11) is 1.64. The molecular weight excluding hydrogens is 350 g/mol. The fourth-order valence-electron chi connectivity index (χ4n) is 2.05. The average molecular weight is 373 g/mol. The van der Waals surface area contributed by atoms with Crippen molar-refractivity contribution in [3.63, 3.8) is 0 Å². The number of amides is 1. The molecule has 26 heavy (non-hydrogen) atoms. The number of nitrogens with one attached hydrogen (secondary N) is 2. The van der Waals surface area contributed by atoms with Crippen LogP contribution in [0.1, 0.15) is 29.9 Å². The van der Waals surface area contributed by atoms with Gasteiger partial charge < -0.3 is 15.4 Å². The van der Waals surface area contributed by atoms with Crippen molar-refractivity contribution in [2.45, 2.75) is 24.6 Å². The number of hydrogen-bond acceptors (Lipinski definition) is 7. The van der Waals surface area contributed by atoms with Crippen LogP contribution in [0.25, 0.3) is 0 Å². The fraction of sp³-hybridized carbons (Fsp3) is 0.333. The molecule has 2 aromatic heterocycles. The zero-order chi connectivity index (χ0) is 19.2. The van der Waals surface area contributed by atoms with Gasteiger partial charge in [0.2, 0.25) is 0 Å². The Balaban J connectivity index is 2.37. The molecule has 2 aromatic rings. The second-order valence-electron chi connectivity index (χ2n) is 5.87. The summed E-state index contributed by atoms with van der Waals surface area (Å²) in [6, 6.07) is 5.57. The Bertz CT molecular complexity index is 795. The van der Waals surface area contributed by atoms with Crippen LogP contribution in [0.4, 0.5) is 11.6 Å². The number of methoxy groups -OCH3 is 1. The standard InChI is InChI=1S/C18H23N5O2S/c1-6-10-19-16(24)12-11-20-17(26-5)23-15(12)22-14-9-7-8-13(21-14)18(2,3)25-4/h6-9,11H,1,10H2,2-5H3,(H,19,24)(H,20,21,22,23). The van der Waals surface area contributed by atoms with Crippen LogP contribution in [0.2, 0.25) is 0 Å². The molecule has 0 fully saturated rings. The highest BCUT2D eigenvalue weighted by Gasteiger charge is 2.22. The van der Waals surface area contributed by atoms with Crippen molar-refractivity contribution in [1.82, 2.24) is 20.3 Å². The highest BCUT2D eigenvalue weighted by atomic mass is 32.2. The summed E-state index contributed by atoms with van der Waals surface area (Å²) in [5.41, 5.74) is 0.572. The van der Waals surface area contributed by atoms with Gasteiger partial charge in [-0.3, -0.25) is 4.79 Å². The molecule has 0 saturated heterocycles. The lowest BCUT2D eigenvalue weighted by atomic mass is 10.0. The number of rotatable bonds is 8. The summed E-state index contributed by atoms with van der Waals surface area (Å²) in [5, 5.41) is 6.41. The van der Waals surface area contributed by atoms with Crippen molar-refractivity contribution in [1.29, 1.82) is 0 Å². The molecule has 0 aliphatic rings. The molecule has 0 aliphatic carbocycles. The number of nitrogens with zero attached hydrogens (tertiary/aromatic N) is 3. The van der Waals surface area contributed by atoms with Crippen LogP contribution in [0.3, 0.4) is 0 Å². The van der Waals surface area contributed by atoms with Crippen LogP contribution in [0, 0.1) is 0 Å². The molecule has 2 rings (SSSR count). The molecule has 138 valence electrons. The van der Waals surface area contributed by atoms with Crippen LogP contribution >= 0.6 is 11.8 Å². The largest absolute Gasteiger partial charge is 0.373 e. The van der Waals surface area contributed by atoms with Crippen molar-refractivity contribution in [3.8, 4) is 0 Å². The highest BCUT2D eigenvalue weighted by molar-refractivity contribution is 7.98. The van der Waals surface area contributed by atoms with Crippen LogP contribution in [-0.4, -0.2) is 40.8 Å². The number of anilines is 2. The molecule has 0 aromatic carbocycles. The van der Waals surface area contributed by atoms with Crippen LogP contribution in [0.5, 0.6) is 0 Å². The van der Waals surface area contributed by atoms with Gasteiger partial charge in [0.05, 0.1) is 5.69 Å². The zero-order valence-corrected chi connectivity index (χ0v) is 16.2. The molecule has 2 heterocycles. The number of carbonyl (C=O) groups is 1. The molecule has 2 N–H and O–H groups in total. The Morgan fingerprint density at radius 1 is 1.38 bits per heavy atom. The quantitative estimate of drug-likeness (QED) is 0.417. The van der Waals surface area contributed by atoms with Crippen LogP contribution in [0.15, 0.2) is 42.2 Å². The smallest absolute Gasteiger partial charge is 0.256 e. The number of aromatic nitrogens is 3. The molecule has 0 bridgehead atoms. The minimum atomic E-state index is -0.530. The Hall–Kier alpha value is -2.45. The van der Waals surface area contributed by atoms with Gasteiger partial charge in [-0.25, -0.2) is 15.0 Å². The summed E-state index contributed by atoms with van der Waals surface area (Å²) < 4.78 is 5.48. The van der Waals surface area contributed by atoms with Gasteiger partial charge in [0.1, 0.15) is 22.8 Å². The molecule has 0 saturated carbocycles. The van der Waals surface area contributed by atoms with Gasteiger partial charge in [-0.15, -0.1) is 6.58 Å². The first-order valence-corrected chi connectivity index (χ1v) is 9.23. The molecule has 0 spiro atoms. The Labute approximate surface area is 157 Å². The lowest BCUT2D eigenvalue weighted by molar-refractivity contribution is 0.0156.